The summed E-state index contributed by atoms with van der Waals surface area (Å²) in [7, 11) is 0. The van der Waals surface area contributed by atoms with Gasteiger partial charge in [0.1, 0.15) is 0 Å². The lowest BCUT2D eigenvalue weighted by Crippen LogP contribution is -1.94. The van der Waals surface area contributed by atoms with Gasteiger partial charge in [-0.15, -0.1) is 11.3 Å². The molecule has 3 aromatic heterocycles. The van der Waals surface area contributed by atoms with E-state index in [1.807, 2.05) is 11.3 Å². The van der Waals surface area contributed by atoms with E-state index in [0.29, 0.717) is 0 Å². The van der Waals surface area contributed by atoms with Crippen molar-refractivity contribution in [3.8, 4) is 16.8 Å². The second kappa shape index (κ2) is 7.83. The molecule has 2 nitrogen and oxygen atoms in total. The van der Waals surface area contributed by atoms with E-state index in [0.717, 1.165) is 0 Å². The fraction of sp³-hybridized carbons (Fsp3) is 0. The van der Waals surface area contributed by atoms with Gasteiger partial charge in [-0.2, -0.15) is 0 Å². The molecule has 3 heterocycles. The summed E-state index contributed by atoms with van der Waals surface area (Å²) in [5.41, 5.74) is 8.51. The number of para-hydroxylation sites is 2. The Labute approximate surface area is 228 Å². The third-order valence-electron chi connectivity index (χ3n) is 8.11. The van der Waals surface area contributed by atoms with Crippen molar-refractivity contribution in [2.75, 3.05) is 0 Å². The highest BCUT2D eigenvalue weighted by atomic mass is 32.1. The summed E-state index contributed by atoms with van der Waals surface area (Å²) < 4.78 is 5.11. The number of hydrogen-bond donors (Lipinski definition) is 1. The number of fused-ring (bicyclic) bond motifs is 10. The van der Waals surface area contributed by atoms with Crippen molar-refractivity contribution in [1.29, 1.82) is 0 Å². The molecular weight excluding hydrogens is 492 g/mol. The summed E-state index contributed by atoms with van der Waals surface area (Å²) in [5, 5.41) is 7.86. The Morgan fingerprint density at radius 2 is 1.28 bits per heavy atom. The Morgan fingerprint density at radius 3 is 2.21 bits per heavy atom. The molecule has 1 N–H and O–H groups in total. The molecule has 9 rings (SSSR count). The van der Waals surface area contributed by atoms with Gasteiger partial charge in [0.05, 0.1) is 11.0 Å². The molecule has 0 saturated heterocycles. The van der Waals surface area contributed by atoms with Gasteiger partial charge in [0.25, 0.3) is 0 Å². The van der Waals surface area contributed by atoms with Crippen LogP contribution in [0, 0.1) is 0 Å². The van der Waals surface area contributed by atoms with Gasteiger partial charge in [-0.3, -0.25) is 0 Å². The van der Waals surface area contributed by atoms with Crippen molar-refractivity contribution >= 4 is 75.1 Å². The predicted octanol–water partition coefficient (Wildman–Crippen LogP) is 10.5. The lowest BCUT2D eigenvalue weighted by atomic mass is 10.1. The normalized spacial score (nSPS) is 12.1. The van der Waals surface area contributed by atoms with Crippen LogP contribution in [0.3, 0.4) is 0 Å². The van der Waals surface area contributed by atoms with Gasteiger partial charge in [-0.1, -0.05) is 84.9 Å². The molecule has 6 aromatic carbocycles. The molecule has 0 saturated carbocycles. The number of thiophene rings is 1. The van der Waals surface area contributed by atoms with Crippen LogP contribution in [0.15, 0.2) is 127 Å². The average Bonchev–Trinajstić information content (AvgIpc) is 3.65. The van der Waals surface area contributed by atoms with Gasteiger partial charge in [0, 0.05) is 58.4 Å². The summed E-state index contributed by atoms with van der Waals surface area (Å²) in [4.78, 5) is 3.62. The molecule has 0 bridgehead atoms. The maximum atomic E-state index is 3.62. The summed E-state index contributed by atoms with van der Waals surface area (Å²) in [6, 6.07) is 46.3. The quantitative estimate of drug-likeness (QED) is 0.237. The number of rotatable bonds is 2. The summed E-state index contributed by atoms with van der Waals surface area (Å²) in [5.74, 6) is 0. The summed E-state index contributed by atoms with van der Waals surface area (Å²) in [6.07, 6.45) is 0. The van der Waals surface area contributed by atoms with E-state index in [-0.39, 0.29) is 0 Å². The summed E-state index contributed by atoms with van der Waals surface area (Å²) in [6.45, 7) is 0. The van der Waals surface area contributed by atoms with E-state index in [1.165, 1.54) is 80.6 Å². The fourth-order valence-corrected chi connectivity index (χ4v) is 7.64. The standard InChI is InChI=1S/C36H22N2S/c1-2-9-22(10-3-1)23-11-8-12-24(19-23)38-32-16-7-5-13-25(32)28-20-29-26-17-18-31-35(27-14-4-6-15-30(27)37-31)36(26)39-34(29)21-33(28)38/h1-21,37H. The molecule has 0 unspecified atom stereocenters. The molecule has 3 heteroatoms. The maximum Gasteiger partial charge on any atom is 0.0555 e. The van der Waals surface area contributed by atoms with E-state index in [4.69, 9.17) is 0 Å². The number of nitrogens with zero attached hydrogens (tertiary/aromatic N) is 1. The number of aromatic amines is 1. The smallest absolute Gasteiger partial charge is 0.0555 e. The number of H-pyrrole nitrogens is 1. The lowest BCUT2D eigenvalue weighted by molar-refractivity contribution is 1.18. The van der Waals surface area contributed by atoms with Crippen LogP contribution in [0.25, 0.3) is 80.6 Å². The Morgan fingerprint density at radius 1 is 0.487 bits per heavy atom. The Hall–Kier alpha value is -4.86. The molecule has 0 amide bonds. The van der Waals surface area contributed by atoms with Crippen LogP contribution in [0.4, 0.5) is 0 Å². The summed E-state index contributed by atoms with van der Waals surface area (Å²) >= 11 is 1.91. The van der Waals surface area contributed by atoms with Gasteiger partial charge in [-0.05, 0) is 53.6 Å². The zero-order chi connectivity index (χ0) is 25.5. The first-order valence-electron chi connectivity index (χ1n) is 13.3. The molecule has 0 aliphatic heterocycles. The molecule has 9 aromatic rings. The van der Waals surface area contributed by atoms with E-state index in [1.54, 1.807) is 0 Å². The minimum Gasteiger partial charge on any atom is -0.354 e. The minimum atomic E-state index is 1.18. The van der Waals surface area contributed by atoms with Gasteiger partial charge in [-0.25, -0.2) is 0 Å². The third kappa shape index (κ3) is 2.96. The van der Waals surface area contributed by atoms with E-state index >= 15 is 0 Å². The molecule has 0 radical (unpaired) electrons. The van der Waals surface area contributed by atoms with Crippen LogP contribution < -0.4 is 0 Å². The van der Waals surface area contributed by atoms with Crippen molar-refractivity contribution in [2.24, 2.45) is 0 Å². The largest absolute Gasteiger partial charge is 0.354 e. The molecule has 0 aliphatic rings. The maximum absolute atomic E-state index is 3.62. The zero-order valence-corrected chi connectivity index (χ0v) is 21.8. The molecule has 0 fully saturated rings. The zero-order valence-electron chi connectivity index (χ0n) is 21.0. The molecule has 0 aliphatic carbocycles. The first-order valence-corrected chi connectivity index (χ1v) is 14.1. The van der Waals surface area contributed by atoms with Crippen LogP contribution in [0.1, 0.15) is 0 Å². The Kier molecular flexibility index (Phi) is 4.24. The van der Waals surface area contributed by atoms with Crippen molar-refractivity contribution in [3.63, 3.8) is 0 Å². The molecule has 39 heavy (non-hydrogen) atoms. The Balaban J connectivity index is 1.37. The van der Waals surface area contributed by atoms with Crippen LogP contribution >= 0.6 is 11.3 Å². The monoisotopic (exact) mass is 514 g/mol. The van der Waals surface area contributed by atoms with Gasteiger partial charge in [0.2, 0.25) is 0 Å². The lowest BCUT2D eigenvalue weighted by Gasteiger charge is -2.10. The van der Waals surface area contributed by atoms with Crippen molar-refractivity contribution in [3.05, 3.63) is 127 Å². The minimum absolute atomic E-state index is 1.18. The van der Waals surface area contributed by atoms with E-state index < -0.39 is 0 Å². The van der Waals surface area contributed by atoms with Gasteiger partial charge in [0.15, 0.2) is 0 Å². The van der Waals surface area contributed by atoms with Crippen LogP contribution in [0.5, 0.6) is 0 Å². The topological polar surface area (TPSA) is 20.7 Å². The third-order valence-corrected chi connectivity index (χ3v) is 9.30. The molecule has 0 atom stereocenters. The van der Waals surface area contributed by atoms with Crippen molar-refractivity contribution < 1.29 is 0 Å². The van der Waals surface area contributed by atoms with Crippen LogP contribution in [-0.2, 0) is 0 Å². The van der Waals surface area contributed by atoms with E-state index in [2.05, 4.69) is 137 Å². The van der Waals surface area contributed by atoms with E-state index in [9.17, 15) is 0 Å². The van der Waals surface area contributed by atoms with Gasteiger partial charge >= 0.3 is 0 Å². The van der Waals surface area contributed by atoms with Gasteiger partial charge < -0.3 is 9.55 Å². The second-order valence-corrected chi connectivity index (χ2v) is 11.3. The number of aromatic nitrogens is 2. The number of nitrogens with one attached hydrogen (secondary N) is 1. The Bertz CT molecular complexity index is 2390. The molecular formula is C36H22N2S. The van der Waals surface area contributed by atoms with Crippen molar-refractivity contribution in [2.45, 2.75) is 0 Å². The van der Waals surface area contributed by atoms with Crippen molar-refractivity contribution in [1.82, 2.24) is 9.55 Å². The molecule has 182 valence electrons. The second-order valence-electron chi connectivity index (χ2n) is 10.3. The average molecular weight is 515 g/mol. The number of benzene rings is 6. The molecule has 0 spiro atoms. The highest BCUT2D eigenvalue weighted by molar-refractivity contribution is 7.26. The first kappa shape index (κ1) is 21.1. The van der Waals surface area contributed by atoms with Crippen LogP contribution in [-0.4, -0.2) is 9.55 Å². The highest BCUT2D eigenvalue weighted by Gasteiger charge is 2.17. The fourth-order valence-electron chi connectivity index (χ4n) is 6.36. The van der Waals surface area contributed by atoms with Crippen LogP contribution in [0.2, 0.25) is 0 Å². The SMILES string of the molecule is c1ccc(-c2cccc(-n3c4ccccc4c4cc5c(cc43)sc3c5ccc4[nH]c5ccccc5c43)c2)cc1. The first-order chi connectivity index (χ1) is 19.3. The number of hydrogen-bond acceptors (Lipinski definition) is 1. The highest BCUT2D eigenvalue weighted by Crippen LogP contribution is 2.44. The predicted molar refractivity (Wildman–Crippen MR) is 168 cm³/mol.